The van der Waals surface area contributed by atoms with Crippen molar-refractivity contribution in [1.82, 2.24) is 15.3 Å². The van der Waals surface area contributed by atoms with Gasteiger partial charge in [0.05, 0.1) is 36.0 Å². The number of nitrogens with zero attached hydrogens (tertiary/aromatic N) is 1. The Balaban J connectivity index is 1.95. The fourth-order valence-corrected chi connectivity index (χ4v) is 1.90. The van der Waals surface area contributed by atoms with Crippen LogP contribution in [0.5, 0.6) is 0 Å². The van der Waals surface area contributed by atoms with Crippen molar-refractivity contribution in [3.05, 3.63) is 30.1 Å². The number of hydrogen-bond acceptors (Lipinski definition) is 3. The Morgan fingerprint density at radius 2 is 2.33 bits per heavy atom. The van der Waals surface area contributed by atoms with Crippen LogP contribution < -0.4 is 5.32 Å². The first-order valence-electron chi connectivity index (χ1n) is 5.19. The van der Waals surface area contributed by atoms with E-state index in [2.05, 4.69) is 21.4 Å². The summed E-state index contributed by atoms with van der Waals surface area (Å²) in [6.07, 6.45) is 1.91. The van der Waals surface area contributed by atoms with E-state index in [1.54, 1.807) is 0 Å². The molecule has 0 spiro atoms. The molecule has 0 bridgehead atoms. The molecule has 0 aromatic carbocycles. The summed E-state index contributed by atoms with van der Waals surface area (Å²) in [5.41, 5.74) is 3.15. The minimum absolute atomic E-state index is 0.234. The molecule has 15 heavy (non-hydrogen) atoms. The Morgan fingerprint density at radius 1 is 1.33 bits per heavy atom. The smallest absolute Gasteiger partial charge is 0.0882 e. The molecular formula is C11H13N3O. The highest BCUT2D eigenvalue weighted by molar-refractivity contribution is 5.74. The zero-order valence-electron chi connectivity index (χ0n) is 8.36. The minimum Gasteiger partial charge on any atom is -0.378 e. The van der Waals surface area contributed by atoms with E-state index in [1.807, 2.05) is 18.3 Å². The maximum absolute atomic E-state index is 5.42. The maximum atomic E-state index is 5.42. The number of hydrogen-bond donors (Lipinski definition) is 2. The van der Waals surface area contributed by atoms with Gasteiger partial charge in [-0.25, -0.2) is 4.98 Å². The van der Waals surface area contributed by atoms with Gasteiger partial charge in [-0.3, -0.25) is 0 Å². The Kier molecular flexibility index (Phi) is 2.16. The van der Waals surface area contributed by atoms with Crippen LogP contribution >= 0.6 is 0 Å². The van der Waals surface area contributed by atoms with Crippen molar-refractivity contribution in [2.45, 2.75) is 6.04 Å². The van der Waals surface area contributed by atoms with Crippen molar-refractivity contribution in [1.29, 1.82) is 0 Å². The summed E-state index contributed by atoms with van der Waals surface area (Å²) in [6.45, 7) is 2.41. The largest absolute Gasteiger partial charge is 0.378 e. The predicted molar refractivity (Wildman–Crippen MR) is 57.7 cm³/mol. The summed E-state index contributed by atoms with van der Waals surface area (Å²) < 4.78 is 5.42. The van der Waals surface area contributed by atoms with Crippen LogP contribution in [0.15, 0.2) is 24.4 Å². The van der Waals surface area contributed by atoms with Gasteiger partial charge in [-0.2, -0.15) is 0 Å². The molecule has 1 aliphatic rings. The molecule has 1 unspecified atom stereocenters. The van der Waals surface area contributed by atoms with Crippen molar-refractivity contribution in [3.8, 4) is 0 Å². The zero-order chi connectivity index (χ0) is 10.1. The van der Waals surface area contributed by atoms with Crippen LogP contribution in [0.25, 0.3) is 11.0 Å². The van der Waals surface area contributed by atoms with Crippen LogP contribution in [0.2, 0.25) is 0 Å². The third kappa shape index (κ3) is 1.62. The van der Waals surface area contributed by atoms with Crippen LogP contribution in [0.1, 0.15) is 11.7 Å². The SMILES string of the molecule is c1cc2nc(C3COCCN3)ccc2[nH]1. The Bertz CT molecular complexity index is 460. The Hall–Kier alpha value is -1.39. The first-order chi connectivity index (χ1) is 7.43. The second kappa shape index (κ2) is 3.64. The third-order valence-corrected chi connectivity index (χ3v) is 2.70. The number of rotatable bonds is 1. The first kappa shape index (κ1) is 8.88. The van der Waals surface area contributed by atoms with Gasteiger partial charge in [-0.15, -0.1) is 0 Å². The van der Waals surface area contributed by atoms with E-state index in [1.165, 1.54) is 0 Å². The normalized spacial score (nSPS) is 22.0. The lowest BCUT2D eigenvalue weighted by molar-refractivity contribution is 0.0757. The van der Waals surface area contributed by atoms with Crippen molar-refractivity contribution < 1.29 is 4.74 Å². The number of aromatic amines is 1. The Morgan fingerprint density at radius 3 is 3.20 bits per heavy atom. The molecule has 0 saturated carbocycles. The van der Waals surface area contributed by atoms with Crippen molar-refractivity contribution in [3.63, 3.8) is 0 Å². The number of fused-ring (bicyclic) bond motifs is 1. The molecule has 0 amide bonds. The van der Waals surface area contributed by atoms with Gasteiger partial charge in [0.2, 0.25) is 0 Å². The fraction of sp³-hybridized carbons (Fsp3) is 0.364. The van der Waals surface area contributed by atoms with Gasteiger partial charge in [-0.05, 0) is 18.2 Å². The Labute approximate surface area is 87.7 Å². The molecule has 3 heterocycles. The fourth-order valence-electron chi connectivity index (χ4n) is 1.90. The lowest BCUT2D eigenvalue weighted by Gasteiger charge is -2.23. The van der Waals surface area contributed by atoms with Gasteiger partial charge in [0.15, 0.2) is 0 Å². The van der Waals surface area contributed by atoms with E-state index in [9.17, 15) is 0 Å². The summed E-state index contributed by atoms with van der Waals surface area (Å²) in [5, 5.41) is 3.39. The van der Waals surface area contributed by atoms with E-state index in [0.717, 1.165) is 29.9 Å². The molecule has 1 fully saturated rings. The monoisotopic (exact) mass is 203 g/mol. The maximum Gasteiger partial charge on any atom is 0.0882 e. The molecule has 2 N–H and O–H groups in total. The topological polar surface area (TPSA) is 49.9 Å². The van der Waals surface area contributed by atoms with Gasteiger partial charge in [0.25, 0.3) is 0 Å². The summed E-state index contributed by atoms with van der Waals surface area (Å²) in [4.78, 5) is 7.72. The summed E-state index contributed by atoms with van der Waals surface area (Å²) in [6, 6.07) is 6.33. The lowest BCUT2D eigenvalue weighted by Crippen LogP contribution is -2.35. The molecule has 1 aliphatic heterocycles. The number of aromatic nitrogens is 2. The van der Waals surface area contributed by atoms with E-state index in [4.69, 9.17) is 4.74 Å². The van der Waals surface area contributed by atoms with Crippen LogP contribution in [-0.4, -0.2) is 29.7 Å². The summed E-state index contributed by atoms with van der Waals surface area (Å²) in [7, 11) is 0. The number of H-pyrrole nitrogens is 1. The van der Waals surface area contributed by atoms with Gasteiger partial charge in [0.1, 0.15) is 0 Å². The van der Waals surface area contributed by atoms with Crippen molar-refractivity contribution >= 4 is 11.0 Å². The highest BCUT2D eigenvalue weighted by atomic mass is 16.5. The van der Waals surface area contributed by atoms with E-state index in [-0.39, 0.29) is 6.04 Å². The van der Waals surface area contributed by atoms with Gasteiger partial charge >= 0.3 is 0 Å². The predicted octanol–water partition coefficient (Wildman–Crippen LogP) is 1.22. The van der Waals surface area contributed by atoms with Crippen molar-refractivity contribution in [2.75, 3.05) is 19.8 Å². The van der Waals surface area contributed by atoms with Crippen LogP contribution in [0.4, 0.5) is 0 Å². The molecule has 2 aromatic heterocycles. The number of ether oxygens (including phenoxy) is 1. The van der Waals surface area contributed by atoms with Gasteiger partial charge in [-0.1, -0.05) is 0 Å². The highest BCUT2D eigenvalue weighted by Gasteiger charge is 2.16. The molecule has 2 aromatic rings. The molecule has 1 atom stereocenters. The van der Waals surface area contributed by atoms with Crippen molar-refractivity contribution in [2.24, 2.45) is 0 Å². The molecule has 3 rings (SSSR count). The van der Waals surface area contributed by atoms with Crippen LogP contribution in [-0.2, 0) is 4.74 Å². The average molecular weight is 203 g/mol. The second-order valence-corrected chi connectivity index (χ2v) is 3.73. The minimum atomic E-state index is 0.234. The second-order valence-electron chi connectivity index (χ2n) is 3.73. The molecule has 0 aliphatic carbocycles. The standard InChI is InChI=1S/C11H13N3O/c1-2-9(11-7-15-6-5-13-11)14-10-3-4-12-8(1)10/h1-4,11-13H,5-7H2. The molecule has 0 radical (unpaired) electrons. The van der Waals surface area contributed by atoms with Crippen LogP contribution in [0.3, 0.4) is 0 Å². The molecule has 78 valence electrons. The van der Waals surface area contributed by atoms with E-state index < -0.39 is 0 Å². The quantitative estimate of drug-likeness (QED) is 0.732. The van der Waals surface area contributed by atoms with Crippen LogP contribution in [0, 0.1) is 0 Å². The lowest BCUT2D eigenvalue weighted by atomic mass is 10.1. The third-order valence-electron chi connectivity index (χ3n) is 2.70. The van der Waals surface area contributed by atoms with Gasteiger partial charge in [0, 0.05) is 12.7 Å². The highest BCUT2D eigenvalue weighted by Crippen LogP contribution is 2.17. The van der Waals surface area contributed by atoms with Gasteiger partial charge < -0.3 is 15.0 Å². The number of pyridine rings is 1. The zero-order valence-corrected chi connectivity index (χ0v) is 8.36. The van der Waals surface area contributed by atoms with E-state index >= 15 is 0 Å². The summed E-state index contributed by atoms with van der Waals surface area (Å²) >= 11 is 0. The number of morpholine rings is 1. The molecule has 1 saturated heterocycles. The molecule has 4 nitrogen and oxygen atoms in total. The number of nitrogens with one attached hydrogen (secondary N) is 2. The molecule has 4 heteroatoms. The molecular weight excluding hydrogens is 190 g/mol. The summed E-state index contributed by atoms with van der Waals surface area (Å²) in [5.74, 6) is 0. The average Bonchev–Trinajstić information content (AvgIpc) is 2.77. The first-order valence-corrected chi connectivity index (χ1v) is 5.19. The van der Waals surface area contributed by atoms with E-state index in [0.29, 0.717) is 6.61 Å².